The van der Waals surface area contributed by atoms with Crippen molar-refractivity contribution in [2.24, 2.45) is 5.11 Å². The summed E-state index contributed by atoms with van der Waals surface area (Å²) in [5.74, 6) is 0. The maximum atomic E-state index is 9.06. The van der Waals surface area contributed by atoms with Gasteiger partial charge in [0.15, 0.2) is 6.23 Å². The molecule has 1 heterocycles. The predicted octanol–water partition coefficient (Wildman–Crippen LogP) is 6.21. The summed E-state index contributed by atoms with van der Waals surface area (Å²) in [6.45, 7) is 1.60. The van der Waals surface area contributed by atoms with Gasteiger partial charge >= 0.3 is 0 Å². The lowest BCUT2D eigenvalue weighted by atomic mass is 10.1. The van der Waals surface area contributed by atoms with E-state index in [4.69, 9.17) is 24.5 Å². The van der Waals surface area contributed by atoms with Gasteiger partial charge in [-0.1, -0.05) is 119 Å². The van der Waals surface area contributed by atoms with Crippen molar-refractivity contribution in [1.82, 2.24) is 0 Å². The van der Waals surface area contributed by atoms with E-state index >= 15 is 0 Å². The minimum atomic E-state index is -0.650. The molecule has 0 radical (unpaired) electrons. The summed E-state index contributed by atoms with van der Waals surface area (Å²) in [5, 5.41) is 3.86. The fourth-order valence-corrected chi connectivity index (χ4v) is 4.86. The Morgan fingerprint density at radius 1 is 0.829 bits per heavy atom. The number of hydrogen-bond donors (Lipinski definition) is 0. The molecular formula is C27H28IN3O4. The van der Waals surface area contributed by atoms with E-state index in [0.717, 1.165) is 16.7 Å². The van der Waals surface area contributed by atoms with Gasteiger partial charge in [0.05, 0.1) is 30.4 Å². The number of halogens is 1. The molecule has 0 N–H and O–H groups in total. The van der Waals surface area contributed by atoms with Crippen LogP contribution in [0.5, 0.6) is 0 Å². The van der Waals surface area contributed by atoms with E-state index in [0.29, 0.717) is 26.4 Å². The zero-order valence-corrected chi connectivity index (χ0v) is 21.4. The molecule has 1 aliphatic rings. The van der Waals surface area contributed by atoms with Crippen molar-refractivity contribution >= 4 is 22.6 Å². The third-order valence-corrected chi connectivity index (χ3v) is 7.05. The topological polar surface area (TPSA) is 85.7 Å². The Labute approximate surface area is 219 Å². The van der Waals surface area contributed by atoms with Crippen LogP contribution >= 0.6 is 22.6 Å². The van der Waals surface area contributed by atoms with Crippen molar-refractivity contribution in [3.8, 4) is 0 Å². The maximum absolute atomic E-state index is 9.06. The number of ether oxygens (including phenoxy) is 4. The van der Waals surface area contributed by atoms with E-state index in [2.05, 4.69) is 32.6 Å². The quantitative estimate of drug-likeness (QED) is 0.0832. The highest BCUT2D eigenvalue weighted by Crippen LogP contribution is 2.34. The van der Waals surface area contributed by atoms with Crippen molar-refractivity contribution in [2.45, 2.75) is 48.3 Å². The maximum Gasteiger partial charge on any atom is 0.151 e. The molecule has 1 aliphatic heterocycles. The molecule has 0 spiro atoms. The second kappa shape index (κ2) is 13.6. The van der Waals surface area contributed by atoms with Crippen LogP contribution in [-0.2, 0) is 38.8 Å². The molecule has 3 aromatic carbocycles. The molecule has 8 heteroatoms. The van der Waals surface area contributed by atoms with E-state index in [-0.39, 0.29) is 10.0 Å². The molecule has 7 nitrogen and oxygen atoms in total. The number of rotatable bonds is 12. The molecule has 182 valence electrons. The first kappa shape index (κ1) is 25.6. The second-order valence-electron chi connectivity index (χ2n) is 8.24. The molecule has 0 aromatic heterocycles. The van der Waals surface area contributed by atoms with Crippen LogP contribution in [0.4, 0.5) is 0 Å². The highest BCUT2D eigenvalue weighted by molar-refractivity contribution is 14.1. The molecule has 4 rings (SSSR count). The first-order valence-corrected chi connectivity index (χ1v) is 12.8. The van der Waals surface area contributed by atoms with Gasteiger partial charge < -0.3 is 18.9 Å². The summed E-state index contributed by atoms with van der Waals surface area (Å²) in [6.07, 6.45) is -1.87. The SMILES string of the molecule is [N-]=[N+]=N[C@@H]1O[C@H]([C@@H](COCc2ccccc2)OCc2ccccc2)[C@H](OCc2ccccc2)[C@@H]1I. The molecular weight excluding hydrogens is 557 g/mol. The summed E-state index contributed by atoms with van der Waals surface area (Å²) in [4.78, 5) is 2.98. The van der Waals surface area contributed by atoms with Crippen molar-refractivity contribution < 1.29 is 18.9 Å². The standard InChI is InChI=1S/C27H28IN3O4/c28-24-26(34-18-22-14-8-3-9-15-22)25(35-27(24)30-31-29)23(33-17-21-12-6-2-7-13-21)19-32-16-20-10-4-1-5-11-20/h1-15,23-27H,16-19H2/t23-,24+,25-,26-,27-/m1/s1. The van der Waals surface area contributed by atoms with Gasteiger partial charge in [-0.15, -0.1) is 0 Å². The molecule has 1 fully saturated rings. The Bertz CT molecular complexity index is 1070. The Hall–Kier alpha value is -2.46. The van der Waals surface area contributed by atoms with E-state index in [1.807, 2.05) is 91.0 Å². The summed E-state index contributed by atoms with van der Waals surface area (Å²) >= 11 is 2.25. The molecule has 0 aliphatic carbocycles. The summed E-state index contributed by atoms with van der Waals surface area (Å²) in [6, 6.07) is 29.9. The first-order chi connectivity index (χ1) is 17.2. The van der Waals surface area contributed by atoms with E-state index in [1.165, 1.54) is 0 Å². The van der Waals surface area contributed by atoms with Crippen LogP contribution in [0.3, 0.4) is 0 Å². The average molecular weight is 585 g/mol. The van der Waals surface area contributed by atoms with Crippen LogP contribution in [0.1, 0.15) is 16.7 Å². The monoisotopic (exact) mass is 585 g/mol. The molecule has 5 atom stereocenters. The predicted molar refractivity (Wildman–Crippen MR) is 142 cm³/mol. The van der Waals surface area contributed by atoms with Crippen molar-refractivity contribution in [1.29, 1.82) is 0 Å². The van der Waals surface area contributed by atoms with Crippen LogP contribution in [0.25, 0.3) is 10.4 Å². The van der Waals surface area contributed by atoms with Crippen molar-refractivity contribution in [2.75, 3.05) is 6.61 Å². The molecule has 35 heavy (non-hydrogen) atoms. The summed E-state index contributed by atoms with van der Waals surface area (Å²) < 4.78 is 24.8. The molecule has 0 unspecified atom stereocenters. The van der Waals surface area contributed by atoms with Gasteiger partial charge in [-0.3, -0.25) is 0 Å². The summed E-state index contributed by atoms with van der Waals surface area (Å²) in [5.41, 5.74) is 12.3. The Morgan fingerprint density at radius 2 is 1.37 bits per heavy atom. The average Bonchev–Trinajstić information content (AvgIpc) is 3.21. The highest BCUT2D eigenvalue weighted by Gasteiger charge is 2.47. The van der Waals surface area contributed by atoms with Gasteiger partial charge in [-0.25, -0.2) is 0 Å². The molecule has 0 amide bonds. The smallest absolute Gasteiger partial charge is 0.151 e. The Balaban J connectivity index is 1.49. The number of alkyl halides is 1. The number of azide groups is 1. The molecule has 0 saturated carbocycles. The number of hydrogen-bond acceptors (Lipinski definition) is 5. The van der Waals surface area contributed by atoms with Gasteiger partial charge in [-0.2, -0.15) is 0 Å². The minimum absolute atomic E-state index is 0.172. The fourth-order valence-electron chi connectivity index (χ4n) is 3.93. The third kappa shape index (κ3) is 7.51. The Morgan fingerprint density at radius 3 is 1.94 bits per heavy atom. The molecule has 3 aromatic rings. The van der Waals surface area contributed by atoms with Gasteiger partial charge in [-0.05, 0) is 22.2 Å². The lowest BCUT2D eigenvalue weighted by molar-refractivity contribution is -0.137. The van der Waals surface area contributed by atoms with Gasteiger partial charge in [0, 0.05) is 4.91 Å². The van der Waals surface area contributed by atoms with Crippen molar-refractivity contribution in [3.63, 3.8) is 0 Å². The number of nitrogens with zero attached hydrogens (tertiary/aromatic N) is 3. The number of benzene rings is 3. The van der Waals surface area contributed by atoms with E-state index in [1.54, 1.807) is 0 Å². The fraction of sp³-hybridized carbons (Fsp3) is 0.333. The normalized spacial score (nSPS) is 22.4. The highest BCUT2D eigenvalue weighted by atomic mass is 127. The van der Waals surface area contributed by atoms with Gasteiger partial charge in [0.25, 0.3) is 0 Å². The zero-order valence-electron chi connectivity index (χ0n) is 19.2. The van der Waals surface area contributed by atoms with Crippen LogP contribution in [0.2, 0.25) is 0 Å². The third-order valence-electron chi connectivity index (χ3n) is 5.72. The second-order valence-corrected chi connectivity index (χ2v) is 9.68. The minimum Gasteiger partial charge on any atom is -0.374 e. The van der Waals surface area contributed by atoms with Crippen LogP contribution in [0, 0.1) is 0 Å². The molecule has 1 saturated heterocycles. The van der Waals surface area contributed by atoms with E-state index < -0.39 is 18.4 Å². The first-order valence-electron chi connectivity index (χ1n) is 11.5. The van der Waals surface area contributed by atoms with Crippen LogP contribution in [0.15, 0.2) is 96.1 Å². The largest absolute Gasteiger partial charge is 0.374 e. The van der Waals surface area contributed by atoms with Crippen LogP contribution < -0.4 is 0 Å². The molecule has 0 bridgehead atoms. The Kier molecular flexibility index (Phi) is 9.94. The lowest BCUT2D eigenvalue weighted by Gasteiger charge is -2.29. The van der Waals surface area contributed by atoms with Crippen LogP contribution in [-0.4, -0.2) is 35.1 Å². The summed E-state index contributed by atoms with van der Waals surface area (Å²) in [7, 11) is 0. The lowest BCUT2D eigenvalue weighted by Crippen LogP contribution is -2.43. The van der Waals surface area contributed by atoms with Crippen molar-refractivity contribution in [3.05, 3.63) is 118 Å². The van der Waals surface area contributed by atoms with Gasteiger partial charge in [0.2, 0.25) is 0 Å². The zero-order chi connectivity index (χ0) is 24.3. The van der Waals surface area contributed by atoms with Gasteiger partial charge in [0.1, 0.15) is 18.3 Å². The van der Waals surface area contributed by atoms with E-state index in [9.17, 15) is 0 Å².